The number of benzene rings is 2. The summed E-state index contributed by atoms with van der Waals surface area (Å²) < 4.78 is 20.2. The summed E-state index contributed by atoms with van der Waals surface area (Å²) in [5, 5.41) is 5.54. The quantitative estimate of drug-likeness (QED) is 0.525. The van der Waals surface area contributed by atoms with Gasteiger partial charge in [0.05, 0.1) is 30.6 Å². The lowest BCUT2D eigenvalue weighted by molar-refractivity contribution is -0.115. The van der Waals surface area contributed by atoms with Crippen LogP contribution >= 0.6 is 11.3 Å². The molecule has 1 unspecified atom stereocenters. The number of aromatic nitrogens is 1. The highest BCUT2D eigenvalue weighted by atomic mass is 32.2. The molecule has 8 heteroatoms. The summed E-state index contributed by atoms with van der Waals surface area (Å²) in [7, 11) is 1.65. The first-order valence-electron chi connectivity index (χ1n) is 9.27. The van der Waals surface area contributed by atoms with Crippen LogP contribution in [0.4, 0.5) is 10.8 Å². The van der Waals surface area contributed by atoms with Crippen LogP contribution in [0.15, 0.2) is 53.9 Å². The van der Waals surface area contributed by atoms with Gasteiger partial charge in [0.1, 0.15) is 11.0 Å². The van der Waals surface area contributed by atoms with Crippen molar-refractivity contribution in [2.24, 2.45) is 0 Å². The fraction of sp³-hybridized carbons (Fsp3) is 0.238. The number of ether oxygens (including phenoxy) is 1. The Bertz CT molecular complexity index is 987. The van der Waals surface area contributed by atoms with E-state index in [1.165, 1.54) is 11.3 Å². The highest BCUT2D eigenvalue weighted by Crippen LogP contribution is 2.31. The summed E-state index contributed by atoms with van der Waals surface area (Å²) in [5.74, 6) is 0.662. The van der Waals surface area contributed by atoms with Crippen LogP contribution in [0.5, 0.6) is 5.75 Å². The zero-order chi connectivity index (χ0) is 20.2. The van der Waals surface area contributed by atoms with Crippen molar-refractivity contribution >= 4 is 39.4 Å². The van der Waals surface area contributed by atoms with Gasteiger partial charge in [0.2, 0.25) is 11.0 Å². The average Bonchev–Trinajstić information content (AvgIpc) is 3.50. The fourth-order valence-electron chi connectivity index (χ4n) is 2.87. The van der Waals surface area contributed by atoms with Crippen molar-refractivity contribution in [2.45, 2.75) is 24.5 Å². The summed E-state index contributed by atoms with van der Waals surface area (Å²) in [4.78, 5) is 16.7. The Morgan fingerprint density at radius 2 is 2.00 bits per heavy atom. The highest BCUT2D eigenvalue weighted by molar-refractivity contribution is 7.93. The van der Waals surface area contributed by atoms with Gasteiger partial charge in [-0.2, -0.15) is 4.72 Å². The van der Waals surface area contributed by atoms with Gasteiger partial charge in [-0.25, -0.2) is 4.98 Å². The van der Waals surface area contributed by atoms with Crippen molar-refractivity contribution in [3.8, 4) is 16.9 Å². The molecule has 1 aromatic heterocycles. The SMILES string of the molecule is COc1ccccc1-c1ccc(NC(=O)Cc2csc(N[S+]([O-])C3CC3)n2)cc1. The van der Waals surface area contributed by atoms with E-state index < -0.39 is 11.4 Å². The van der Waals surface area contributed by atoms with Crippen molar-refractivity contribution in [3.05, 3.63) is 59.6 Å². The summed E-state index contributed by atoms with van der Waals surface area (Å²) in [6, 6.07) is 15.4. The lowest BCUT2D eigenvalue weighted by Gasteiger charge is -2.09. The molecule has 0 spiro atoms. The number of amides is 1. The Balaban J connectivity index is 1.34. The van der Waals surface area contributed by atoms with Crippen LogP contribution in [0, 0.1) is 0 Å². The number of hydrogen-bond acceptors (Lipinski definition) is 6. The third kappa shape index (κ3) is 5.09. The van der Waals surface area contributed by atoms with Gasteiger partial charge in [0.25, 0.3) is 0 Å². The number of hydrogen-bond donors (Lipinski definition) is 2. The lowest BCUT2D eigenvalue weighted by atomic mass is 10.0. The van der Waals surface area contributed by atoms with E-state index in [4.69, 9.17) is 4.74 Å². The van der Waals surface area contributed by atoms with Gasteiger partial charge >= 0.3 is 0 Å². The molecule has 1 fully saturated rings. The number of thiazole rings is 1. The minimum absolute atomic E-state index is 0.143. The van der Waals surface area contributed by atoms with E-state index in [1.54, 1.807) is 7.11 Å². The molecule has 1 heterocycles. The Morgan fingerprint density at radius 1 is 1.24 bits per heavy atom. The molecule has 2 aromatic carbocycles. The predicted molar refractivity (Wildman–Crippen MR) is 118 cm³/mol. The van der Waals surface area contributed by atoms with Crippen molar-refractivity contribution in [2.75, 3.05) is 17.1 Å². The largest absolute Gasteiger partial charge is 0.593 e. The molecular weight excluding hydrogens is 406 g/mol. The molecule has 29 heavy (non-hydrogen) atoms. The maximum atomic E-state index is 12.3. The Hall–Kier alpha value is -2.55. The van der Waals surface area contributed by atoms with Gasteiger partial charge in [0.15, 0.2) is 0 Å². The van der Waals surface area contributed by atoms with Crippen molar-refractivity contribution in [1.29, 1.82) is 0 Å². The molecule has 0 bridgehead atoms. The minimum atomic E-state index is -1.07. The molecule has 0 aliphatic heterocycles. The molecule has 1 atom stereocenters. The highest BCUT2D eigenvalue weighted by Gasteiger charge is 2.35. The Morgan fingerprint density at radius 3 is 2.72 bits per heavy atom. The van der Waals surface area contributed by atoms with E-state index in [9.17, 15) is 9.35 Å². The van der Waals surface area contributed by atoms with Crippen LogP contribution in [0.2, 0.25) is 0 Å². The number of carbonyl (C=O) groups excluding carboxylic acids is 1. The normalized spacial score (nSPS) is 14.3. The molecule has 3 aromatic rings. The number of methoxy groups -OCH3 is 1. The third-order valence-corrected chi connectivity index (χ3v) is 6.90. The van der Waals surface area contributed by atoms with Gasteiger partial charge in [-0.1, -0.05) is 30.3 Å². The molecule has 1 aliphatic carbocycles. The van der Waals surface area contributed by atoms with Crippen molar-refractivity contribution < 1.29 is 14.1 Å². The van der Waals surface area contributed by atoms with Gasteiger partial charge in [-0.05, 0) is 23.8 Å². The molecule has 0 radical (unpaired) electrons. The summed E-state index contributed by atoms with van der Waals surface area (Å²) in [6.45, 7) is 0. The minimum Gasteiger partial charge on any atom is -0.593 e. The summed E-state index contributed by atoms with van der Waals surface area (Å²) in [5.41, 5.74) is 3.39. The van der Waals surface area contributed by atoms with Crippen LogP contribution in [-0.2, 0) is 22.6 Å². The average molecular weight is 428 g/mol. The summed E-state index contributed by atoms with van der Waals surface area (Å²) >= 11 is 0.293. The number of para-hydroxylation sites is 1. The van der Waals surface area contributed by atoms with Crippen LogP contribution in [0.1, 0.15) is 18.5 Å². The molecule has 0 saturated heterocycles. The van der Waals surface area contributed by atoms with Gasteiger partial charge in [0, 0.05) is 29.5 Å². The monoisotopic (exact) mass is 427 g/mol. The zero-order valence-electron chi connectivity index (χ0n) is 15.9. The molecule has 4 rings (SSSR count). The van der Waals surface area contributed by atoms with Crippen LogP contribution in [0.3, 0.4) is 0 Å². The number of rotatable bonds is 8. The van der Waals surface area contributed by atoms with E-state index >= 15 is 0 Å². The standard InChI is InChI=1S/C21H21N3O3S2/c1-27-19-5-3-2-4-18(19)14-6-8-15(9-7-14)22-20(25)12-16-13-28-21(23-16)24-29(26)17-10-11-17/h2-9,13,17H,10-12H2,1H3,(H,22,25)(H,23,24). The van der Waals surface area contributed by atoms with Gasteiger partial charge in [-0.3, -0.25) is 4.79 Å². The first-order chi connectivity index (χ1) is 14.1. The Labute approximate surface area is 176 Å². The molecule has 150 valence electrons. The first kappa shape index (κ1) is 19.8. The number of nitrogens with zero attached hydrogens (tertiary/aromatic N) is 1. The maximum Gasteiger partial charge on any atom is 0.230 e. The van der Waals surface area contributed by atoms with E-state index in [1.807, 2.05) is 53.9 Å². The topological polar surface area (TPSA) is 86.3 Å². The first-order valence-corrected chi connectivity index (χ1v) is 11.4. The van der Waals surface area contributed by atoms with E-state index in [-0.39, 0.29) is 17.6 Å². The van der Waals surface area contributed by atoms with Crippen LogP contribution in [0.25, 0.3) is 11.1 Å². The second kappa shape index (κ2) is 8.86. The molecule has 2 N–H and O–H groups in total. The fourth-order valence-corrected chi connectivity index (χ4v) is 4.81. The second-order valence-electron chi connectivity index (χ2n) is 6.75. The van der Waals surface area contributed by atoms with Crippen molar-refractivity contribution in [3.63, 3.8) is 0 Å². The smallest absolute Gasteiger partial charge is 0.230 e. The second-order valence-corrected chi connectivity index (χ2v) is 9.07. The third-order valence-electron chi connectivity index (χ3n) is 4.50. The van der Waals surface area contributed by atoms with Crippen LogP contribution < -0.4 is 14.8 Å². The Kier molecular flexibility index (Phi) is 6.03. The van der Waals surface area contributed by atoms with Crippen molar-refractivity contribution in [1.82, 2.24) is 4.98 Å². The maximum absolute atomic E-state index is 12.3. The van der Waals surface area contributed by atoms with E-state index in [2.05, 4.69) is 15.0 Å². The lowest BCUT2D eigenvalue weighted by Crippen LogP contribution is -2.17. The predicted octanol–water partition coefficient (Wildman–Crippen LogP) is 4.24. The summed E-state index contributed by atoms with van der Waals surface area (Å²) in [6.07, 6.45) is 2.16. The molecule has 1 amide bonds. The molecule has 1 aliphatic rings. The van der Waals surface area contributed by atoms with Gasteiger partial charge < -0.3 is 14.6 Å². The number of nitrogens with one attached hydrogen (secondary N) is 2. The molecular formula is C21H21N3O3S2. The zero-order valence-corrected chi connectivity index (χ0v) is 17.5. The van der Waals surface area contributed by atoms with E-state index in [0.29, 0.717) is 10.8 Å². The van der Waals surface area contributed by atoms with Crippen LogP contribution in [-0.4, -0.2) is 27.8 Å². The molecule has 6 nitrogen and oxygen atoms in total. The number of anilines is 2. The number of carbonyl (C=O) groups is 1. The molecule has 1 saturated carbocycles. The van der Waals surface area contributed by atoms with Gasteiger partial charge in [-0.15, -0.1) is 11.3 Å². The van der Waals surface area contributed by atoms with E-state index in [0.717, 1.165) is 35.4 Å².